The molecule has 0 aliphatic carbocycles. The molecule has 0 saturated carbocycles. The fourth-order valence-corrected chi connectivity index (χ4v) is 9.27. The van der Waals surface area contributed by atoms with Gasteiger partial charge in [-0.2, -0.15) is 31.6 Å². The van der Waals surface area contributed by atoms with Crippen molar-refractivity contribution in [3.8, 4) is 36.4 Å². The summed E-state index contributed by atoms with van der Waals surface area (Å²) >= 11 is 0. The lowest BCUT2D eigenvalue weighted by atomic mass is 9.85. The molecule has 0 heterocycles. The maximum Gasteiger partial charge on any atom is 0.408 e. The molecule has 0 aliphatic heterocycles. The first-order valence-electron chi connectivity index (χ1n) is 35.4. The molecule has 0 bridgehead atoms. The van der Waals surface area contributed by atoms with Crippen LogP contribution in [0.2, 0.25) is 0 Å². The van der Waals surface area contributed by atoms with Crippen LogP contribution < -0.4 is 33.2 Å². The van der Waals surface area contributed by atoms with Crippen molar-refractivity contribution in [3.05, 3.63) is 212 Å². The molecule has 0 spiro atoms. The van der Waals surface area contributed by atoms with Crippen LogP contribution in [-0.2, 0) is 46.7 Å². The Morgan fingerprint density at radius 1 is 0.267 bits per heavy atom. The SMILES string of the molecule is CC(N)c1ccc(C(C)(C)C#N)cc1.CC(NC(=O)OC(C)(C)C)c1ccc(C(C)(C)C#N)cc1.C[C@@H](N)c1ccc(C(C)(C)C#N)cc1.C[C@@H](NC(=O)OC(C)(C)C)c1ccc(C(C)(C)C#N)cc1.C[C@H](N)c1ccc(C(C)(C)C#N)cc1.C[C@H](NC(=O)OC(C)(C)C)c1ccc(C(C)(C)C#N)cc1. The number of nitrogens with two attached hydrogens (primary N) is 3. The number of rotatable bonds is 15. The van der Waals surface area contributed by atoms with Crippen molar-refractivity contribution >= 4 is 18.3 Å². The number of benzene rings is 6. The number of carbonyl (C=O) groups is 3. The average Bonchev–Trinajstić information content (AvgIpc) is 0.879. The minimum absolute atomic E-state index is 0.0502. The zero-order chi connectivity index (χ0) is 81.1. The van der Waals surface area contributed by atoms with Gasteiger partial charge in [-0.05, 0) is 254 Å². The minimum Gasteiger partial charge on any atom is -0.444 e. The van der Waals surface area contributed by atoms with Gasteiger partial charge in [0.1, 0.15) is 16.8 Å². The van der Waals surface area contributed by atoms with Crippen molar-refractivity contribution in [2.75, 3.05) is 0 Å². The van der Waals surface area contributed by atoms with E-state index in [1.54, 1.807) is 0 Å². The van der Waals surface area contributed by atoms with E-state index in [1.165, 1.54) is 0 Å². The van der Waals surface area contributed by atoms with Crippen molar-refractivity contribution in [2.24, 2.45) is 17.2 Å². The number of carbonyl (C=O) groups excluding carboxylic acids is 3. The monoisotopic (exact) mass is 1430 g/mol. The summed E-state index contributed by atoms with van der Waals surface area (Å²) in [7, 11) is 0. The maximum absolute atomic E-state index is 11.7. The Morgan fingerprint density at radius 2 is 0.390 bits per heavy atom. The summed E-state index contributed by atoms with van der Waals surface area (Å²) in [6.07, 6.45) is -1.30. The first-order chi connectivity index (χ1) is 48.1. The van der Waals surface area contributed by atoms with E-state index in [1.807, 2.05) is 333 Å². The normalized spacial score (nSPS) is 13.3. The second kappa shape index (κ2) is 39.7. The summed E-state index contributed by atoms with van der Waals surface area (Å²) in [6.45, 7) is 50.7. The van der Waals surface area contributed by atoms with E-state index < -0.39 is 67.6 Å². The number of alkyl carbamates (subject to hydrolysis) is 3. The summed E-state index contributed by atoms with van der Waals surface area (Å²) in [6, 6.07) is 60.2. The topological polar surface area (TPSA) is 336 Å². The van der Waals surface area contributed by atoms with Crippen LogP contribution in [0.3, 0.4) is 0 Å². The van der Waals surface area contributed by atoms with Gasteiger partial charge in [0.15, 0.2) is 0 Å². The summed E-state index contributed by atoms with van der Waals surface area (Å²) in [5, 5.41) is 62.6. The zero-order valence-corrected chi connectivity index (χ0v) is 67.7. The number of hydrogen-bond acceptors (Lipinski definition) is 15. The summed E-state index contributed by atoms with van der Waals surface area (Å²) in [5.74, 6) is 0. The highest BCUT2D eigenvalue weighted by molar-refractivity contribution is 5.69. The number of ether oxygens (including phenoxy) is 3. The molecule has 6 aromatic rings. The summed E-state index contributed by atoms with van der Waals surface area (Å²) in [5.41, 5.74) is 25.1. The van der Waals surface area contributed by atoms with Crippen LogP contribution >= 0.6 is 0 Å². The van der Waals surface area contributed by atoms with Crippen LogP contribution in [0.1, 0.15) is 290 Å². The first kappa shape index (κ1) is 93.0. The molecule has 0 aliphatic rings. The summed E-state index contributed by atoms with van der Waals surface area (Å²) < 4.78 is 15.7. The van der Waals surface area contributed by atoms with Crippen molar-refractivity contribution in [3.63, 3.8) is 0 Å². The molecule has 9 N–H and O–H groups in total. The predicted octanol–water partition coefficient (Wildman–Crippen LogP) is 19.7. The number of hydrogen-bond donors (Lipinski definition) is 6. The molecule has 0 fully saturated rings. The maximum atomic E-state index is 11.7. The van der Waals surface area contributed by atoms with Gasteiger partial charge < -0.3 is 47.4 Å². The Labute approximate surface area is 629 Å². The van der Waals surface area contributed by atoms with Gasteiger partial charge in [-0.15, -0.1) is 0 Å². The van der Waals surface area contributed by atoms with Gasteiger partial charge in [-0.1, -0.05) is 146 Å². The molecule has 0 radical (unpaired) electrons. The second-order valence-corrected chi connectivity index (χ2v) is 32.6. The molecule has 2 unspecified atom stereocenters. The minimum atomic E-state index is -0.514. The molecule has 0 aromatic heterocycles. The lowest BCUT2D eigenvalue weighted by Crippen LogP contribution is -2.34. The highest BCUT2D eigenvalue weighted by Gasteiger charge is 2.27. The fraction of sp³-hybridized carbons (Fsp3) is 0.483. The Bertz CT molecular complexity index is 3560. The van der Waals surface area contributed by atoms with E-state index in [2.05, 4.69) is 52.4 Å². The number of nitriles is 6. The van der Waals surface area contributed by atoms with Crippen molar-refractivity contribution in [1.82, 2.24) is 16.0 Å². The number of nitrogens with zero attached hydrogens (tertiary/aromatic N) is 6. The standard InChI is InChI=1S/3C17H24N2O2.3C12H16N2/c3*1-12(19-15(20)21-16(2,3)4)13-7-9-14(10-8-13)17(5,6)11-18;3*1-9(14)10-4-6-11(7-5-10)12(2,3)8-13/h3*7-10,12H,1-6H3,(H,19,20);3*4-7,9H,14H2,1-3H3/t2*12-;;2*9-;/m10.10./s1. The predicted molar refractivity (Wildman–Crippen MR) is 422 cm³/mol. The molecular weight excluding hydrogens is 1310 g/mol. The fourth-order valence-electron chi connectivity index (χ4n) is 9.27. The smallest absolute Gasteiger partial charge is 0.408 e. The van der Waals surface area contributed by atoms with Crippen LogP contribution in [-0.4, -0.2) is 35.1 Å². The van der Waals surface area contributed by atoms with Crippen LogP contribution in [0.25, 0.3) is 0 Å². The van der Waals surface area contributed by atoms with Gasteiger partial charge in [-0.25, -0.2) is 14.4 Å². The Hall–Kier alpha value is -10.1. The molecule has 3 amide bonds. The van der Waals surface area contributed by atoms with E-state index in [-0.39, 0.29) is 36.3 Å². The average molecular weight is 1430 g/mol. The lowest BCUT2D eigenvalue weighted by molar-refractivity contribution is 0.0496. The van der Waals surface area contributed by atoms with Gasteiger partial charge in [0.25, 0.3) is 0 Å². The molecule has 18 nitrogen and oxygen atoms in total. The van der Waals surface area contributed by atoms with Crippen molar-refractivity contribution < 1.29 is 28.6 Å². The van der Waals surface area contributed by atoms with Crippen molar-refractivity contribution in [1.29, 1.82) is 31.6 Å². The van der Waals surface area contributed by atoms with Gasteiger partial charge in [0, 0.05) is 18.1 Å². The largest absolute Gasteiger partial charge is 0.444 e. The van der Waals surface area contributed by atoms with E-state index in [9.17, 15) is 14.4 Å². The Kier molecular flexibility index (Phi) is 35.2. The van der Waals surface area contributed by atoms with E-state index in [0.717, 1.165) is 66.8 Å². The van der Waals surface area contributed by atoms with E-state index >= 15 is 0 Å². The van der Waals surface area contributed by atoms with Gasteiger partial charge in [0.05, 0.1) is 87.0 Å². The van der Waals surface area contributed by atoms with Gasteiger partial charge >= 0.3 is 18.3 Å². The summed E-state index contributed by atoms with van der Waals surface area (Å²) in [4.78, 5) is 35.2. The third-order valence-electron chi connectivity index (χ3n) is 16.7. The molecule has 564 valence electrons. The molecule has 0 saturated heterocycles. The van der Waals surface area contributed by atoms with Crippen LogP contribution in [0.5, 0.6) is 0 Å². The van der Waals surface area contributed by atoms with E-state index in [4.69, 9.17) is 63.0 Å². The zero-order valence-electron chi connectivity index (χ0n) is 67.7. The highest BCUT2D eigenvalue weighted by Crippen LogP contribution is 2.30. The van der Waals surface area contributed by atoms with Crippen LogP contribution in [0.4, 0.5) is 14.4 Å². The highest BCUT2D eigenvalue weighted by atomic mass is 16.6. The van der Waals surface area contributed by atoms with Crippen molar-refractivity contribution in [2.45, 2.75) is 272 Å². The van der Waals surface area contributed by atoms with Gasteiger partial charge in [0.2, 0.25) is 0 Å². The number of nitrogens with one attached hydrogen (secondary N) is 3. The first-order valence-corrected chi connectivity index (χ1v) is 35.4. The third-order valence-corrected chi connectivity index (χ3v) is 16.7. The van der Waals surface area contributed by atoms with E-state index in [0.29, 0.717) is 0 Å². The molecular formula is C87H120N12O6. The molecule has 6 atom stereocenters. The third kappa shape index (κ3) is 33.1. The van der Waals surface area contributed by atoms with Crippen LogP contribution in [0, 0.1) is 68.0 Å². The lowest BCUT2D eigenvalue weighted by Gasteiger charge is -2.22. The molecule has 6 aromatic carbocycles. The van der Waals surface area contributed by atoms with Crippen LogP contribution in [0.15, 0.2) is 146 Å². The Morgan fingerprint density at radius 3 is 0.495 bits per heavy atom. The molecule has 105 heavy (non-hydrogen) atoms. The van der Waals surface area contributed by atoms with Gasteiger partial charge in [-0.3, -0.25) is 0 Å². The number of amides is 3. The molecule has 18 heteroatoms. The quantitative estimate of drug-likeness (QED) is 0.0520. The second-order valence-electron chi connectivity index (χ2n) is 32.6. The Balaban J connectivity index is 0.000000636. The molecule has 6 rings (SSSR count).